The normalized spacial score (nSPS) is 21.6. The molecule has 3 N–H and O–H groups in total. The van der Waals surface area contributed by atoms with Crippen molar-refractivity contribution in [1.29, 1.82) is 0 Å². The number of aliphatic imine (C=N–C) groups is 1. The van der Waals surface area contributed by atoms with E-state index in [0.717, 1.165) is 19.0 Å². The van der Waals surface area contributed by atoms with Crippen LogP contribution in [0.2, 0.25) is 0 Å². The van der Waals surface area contributed by atoms with Crippen molar-refractivity contribution in [2.45, 2.75) is 45.3 Å². The summed E-state index contributed by atoms with van der Waals surface area (Å²) in [4.78, 5) is 28.6. The van der Waals surface area contributed by atoms with E-state index in [4.69, 9.17) is 15.6 Å². The van der Waals surface area contributed by atoms with Crippen LogP contribution >= 0.6 is 0 Å². The average molecular weight is 309 g/mol. The summed E-state index contributed by atoms with van der Waals surface area (Å²) in [5.74, 6) is -1.08. The second-order valence-electron chi connectivity index (χ2n) is 7.10. The summed E-state index contributed by atoms with van der Waals surface area (Å²) in [6.07, 6.45) is 3.79. The Labute approximate surface area is 129 Å². The first-order valence-electron chi connectivity index (χ1n) is 7.30. The number of carbonyl (C=O) groups is 2. The summed E-state index contributed by atoms with van der Waals surface area (Å²) in [7, 11) is 0. The fourth-order valence-corrected chi connectivity index (χ4v) is 2.88. The molecule has 22 heavy (non-hydrogen) atoms. The minimum Gasteiger partial charge on any atom is -0.478 e. The Morgan fingerprint density at radius 3 is 2.41 bits per heavy atom. The van der Waals surface area contributed by atoms with Crippen LogP contribution in [0.25, 0.3) is 0 Å². The maximum Gasteiger partial charge on any atom is 0.410 e. The van der Waals surface area contributed by atoms with Crippen molar-refractivity contribution in [3.63, 3.8) is 0 Å². The fraction of sp³-hybridized carbons (Fsp3) is 0.667. The molecule has 1 heterocycles. The highest BCUT2D eigenvalue weighted by molar-refractivity contribution is 6.08. The molecule has 2 rings (SSSR count). The van der Waals surface area contributed by atoms with E-state index in [9.17, 15) is 9.59 Å². The van der Waals surface area contributed by atoms with Crippen molar-refractivity contribution in [3.05, 3.63) is 11.8 Å². The van der Waals surface area contributed by atoms with E-state index in [-0.39, 0.29) is 23.1 Å². The van der Waals surface area contributed by atoms with E-state index >= 15 is 0 Å². The molecular formula is C15H23N3O4. The van der Waals surface area contributed by atoms with E-state index in [2.05, 4.69) is 4.99 Å². The number of likely N-dealkylation sites (tertiary alicyclic amines) is 1. The quantitative estimate of drug-likeness (QED) is 0.605. The van der Waals surface area contributed by atoms with E-state index in [1.165, 1.54) is 6.21 Å². The molecule has 0 aromatic rings. The third-order valence-electron chi connectivity index (χ3n) is 3.89. The van der Waals surface area contributed by atoms with Gasteiger partial charge in [0, 0.05) is 30.9 Å². The minimum absolute atomic E-state index is 0.00931. The number of carboxylic acids is 1. The topological polar surface area (TPSA) is 105 Å². The van der Waals surface area contributed by atoms with Gasteiger partial charge in [0.2, 0.25) is 0 Å². The van der Waals surface area contributed by atoms with Crippen LogP contribution in [0.1, 0.15) is 33.6 Å². The Kier molecular flexibility index (Phi) is 4.17. The second-order valence-corrected chi connectivity index (χ2v) is 7.10. The van der Waals surface area contributed by atoms with Crippen LogP contribution in [0, 0.1) is 5.41 Å². The molecule has 2 aliphatic rings. The Morgan fingerprint density at radius 2 is 1.95 bits per heavy atom. The molecule has 1 aliphatic carbocycles. The van der Waals surface area contributed by atoms with Gasteiger partial charge in [-0.1, -0.05) is 0 Å². The van der Waals surface area contributed by atoms with Gasteiger partial charge in [0.05, 0.1) is 11.6 Å². The highest BCUT2D eigenvalue weighted by atomic mass is 16.6. The molecule has 1 spiro atoms. The summed E-state index contributed by atoms with van der Waals surface area (Å²) in [6.45, 7) is 6.91. The molecule has 0 radical (unpaired) electrons. The zero-order valence-corrected chi connectivity index (χ0v) is 13.2. The number of carbonyl (C=O) groups excluding carboxylic acids is 1. The highest BCUT2D eigenvalue weighted by Gasteiger charge is 2.54. The van der Waals surface area contributed by atoms with Gasteiger partial charge in [-0.3, -0.25) is 4.99 Å². The number of carboxylic acid groups (broad SMARTS) is 1. The van der Waals surface area contributed by atoms with Gasteiger partial charge >= 0.3 is 12.1 Å². The molecule has 1 saturated heterocycles. The zero-order chi connectivity index (χ0) is 16.5. The third-order valence-corrected chi connectivity index (χ3v) is 3.89. The first-order chi connectivity index (χ1) is 10.1. The number of hydrogen-bond donors (Lipinski definition) is 2. The Bertz CT molecular complexity index is 519. The van der Waals surface area contributed by atoms with Crippen LogP contribution in [0.3, 0.4) is 0 Å². The standard InChI is InChI=1S/C15H23N3O4/c1-14(2,3)22-13(21)18-8-15(9-18)4-11(5-15)17-7-10(6-16)12(19)20/h6-7,11H,4-5,8-9,16H2,1-3H3,(H,19,20)/b10-6+,17-7?. The van der Waals surface area contributed by atoms with Gasteiger partial charge in [-0.05, 0) is 33.6 Å². The predicted octanol–water partition coefficient (Wildman–Crippen LogP) is 1.38. The number of amides is 1. The van der Waals surface area contributed by atoms with Gasteiger partial charge in [-0.15, -0.1) is 0 Å². The van der Waals surface area contributed by atoms with E-state index in [1.54, 1.807) is 4.90 Å². The lowest BCUT2D eigenvalue weighted by Crippen LogP contribution is -2.65. The van der Waals surface area contributed by atoms with Crippen molar-refractivity contribution in [3.8, 4) is 0 Å². The van der Waals surface area contributed by atoms with Crippen molar-refractivity contribution in [1.82, 2.24) is 4.90 Å². The van der Waals surface area contributed by atoms with E-state index < -0.39 is 11.6 Å². The van der Waals surface area contributed by atoms with E-state index in [0.29, 0.717) is 13.1 Å². The Morgan fingerprint density at radius 1 is 1.36 bits per heavy atom. The minimum atomic E-state index is -1.08. The number of aliphatic carboxylic acids is 1. The van der Waals surface area contributed by atoms with Gasteiger partial charge in [-0.25, -0.2) is 9.59 Å². The molecule has 0 aromatic heterocycles. The number of nitrogens with zero attached hydrogens (tertiary/aromatic N) is 2. The molecule has 7 heteroatoms. The van der Waals surface area contributed by atoms with Crippen molar-refractivity contribution >= 4 is 18.3 Å². The summed E-state index contributed by atoms with van der Waals surface area (Å²) in [5.41, 5.74) is 4.87. The van der Waals surface area contributed by atoms with Crippen molar-refractivity contribution < 1.29 is 19.4 Å². The number of rotatable bonds is 3. The number of nitrogens with two attached hydrogens (primary N) is 1. The number of hydrogen-bond acceptors (Lipinski definition) is 5. The molecule has 1 saturated carbocycles. The first-order valence-corrected chi connectivity index (χ1v) is 7.30. The molecule has 0 unspecified atom stereocenters. The number of ether oxygens (including phenoxy) is 1. The third kappa shape index (κ3) is 3.58. The summed E-state index contributed by atoms with van der Waals surface area (Å²) >= 11 is 0. The monoisotopic (exact) mass is 309 g/mol. The summed E-state index contributed by atoms with van der Waals surface area (Å²) < 4.78 is 5.32. The van der Waals surface area contributed by atoms with Crippen molar-refractivity contribution in [2.75, 3.05) is 13.1 Å². The van der Waals surface area contributed by atoms with Gasteiger partial charge < -0.3 is 20.5 Å². The fourth-order valence-electron chi connectivity index (χ4n) is 2.88. The molecule has 1 aliphatic heterocycles. The molecule has 7 nitrogen and oxygen atoms in total. The average Bonchev–Trinajstić information content (AvgIpc) is 2.26. The summed E-state index contributed by atoms with van der Waals surface area (Å²) in [6, 6.07) is 0.107. The molecule has 0 aromatic carbocycles. The Balaban J connectivity index is 1.76. The van der Waals surface area contributed by atoms with Crippen LogP contribution < -0.4 is 5.73 Å². The zero-order valence-electron chi connectivity index (χ0n) is 13.2. The molecule has 2 fully saturated rings. The highest BCUT2D eigenvalue weighted by Crippen LogP contribution is 2.49. The van der Waals surface area contributed by atoms with Crippen LogP contribution in [-0.4, -0.2) is 53.0 Å². The molecule has 0 bridgehead atoms. The van der Waals surface area contributed by atoms with Gasteiger partial charge in [0.25, 0.3) is 0 Å². The van der Waals surface area contributed by atoms with Crippen LogP contribution in [0.4, 0.5) is 4.79 Å². The van der Waals surface area contributed by atoms with E-state index in [1.807, 2.05) is 20.8 Å². The van der Waals surface area contributed by atoms with Gasteiger partial charge in [0.15, 0.2) is 0 Å². The van der Waals surface area contributed by atoms with Gasteiger partial charge in [-0.2, -0.15) is 0 Å². The van der Waals surface area contributed by atoms with Crippen LogP contribution in [-0.2, 0) is 9.53 Å². The molecular weight excluding hydrogens is 286 g/mol. The second kappa shape index (κ2) is 5.62. The van der Waals surface area contributed by atoms with Crippen molar-refractivity contribution in [2.24, 2.45) is 16.1 Å². The summed E-state index contributed by atoms with van der Waals surface area (Å²) in [5, 5.41) is 8.83. The predicted molar refractivity (Wildman–Crippen MR) is 81.7 cm³/mol. The Hall–Kier alpha value is -2.05. The lowest BCUT2D eigenvalue weighted by atomic mass is 9.61. The van der Waals surface area contributed by atoms with Crippen LogP contribution in [0.15, 0.2) is 16.8 Å². The maximum atomic E-state index is 11.9. The molecule has 0 atom stereocenters. The largest absolute Gasteiger partial charge is 0.478 e. The molecule has 122 valence electrons. The first kappa shape index (κ1) is 16.3. The molecule has 1 amide bonds. The van der Waals surface area contributed by atoms with Crippen LogP contribution in [0.5, 0.6) is 0 Å². The van der Waals surface area contributed by atoms with Gasteiger partial charge in [0.1, 0.15) is 5.60 Å². The lowest BCUT2D eigenvalue weighted by molar-refractivity contribution is -0.132. The lowest BCUT2D eigenvalue weighted by Gasteiger charge is -2.57. The SMILES string of the molecule is CC(C)(C)OC(=O)N1CC2(CC(N=C/C(=C\N)C(=O)O)C2)C1. The maximum absolute atomic E-state index is 11.9. The smallest absolute Gasteiger partial charge is 0.410 e.